The molecule has 0 unspecified atom stereocenters. The summed E-state index contributed by atoms with van der Waals surface area (Å²) in [6.45, 7) is 5.69. The minimum Gasteiger partial charge on any atom is -0.444 e. The molecule has 1 aromatic carbocycles. The molecule has 1 N–H and O–H groups in total. The van der Waals surface area contributed by atoms with Gasteiger partial charge >= 0.3 is 6.09 Å². The van der Waals surface area contributed by atoms with Gasteiger partial charge in [-0.3, -0.25) is 4.79 Å². The normalized spacial score (nSPS) is 17.1. The summed E-state index contributed by atoms with van der Waals surface area (Å²) in [7, 11) is 0. The Morgan fingerprint density at radius 2 is 2.05 bits per heavy atom. The van der Waals surface area contributed by atoms with Crippen LogP contribution in [0.1, 0.15) is 36.7 Å². The van der Waals surface area contributed by atoms with E-state index < -0.39 is 17.3 Å². The molecule has 0 aliphatic carbocycles. The Bertz CT molecular complexity index is 574. The molecule has 114 valence electrons. The van der Waals surface area contributed by atoms with Crippen LogP contribution in [0.15, 0.2) is 22.7 Å². The predicted octanol–water partition coefficient (Wildman–Crippen LogP) is 2.70. The number of nitrogens with zero attached hydrogens (tertiary/aromatic N) is 1. The van der Waals surface area contributed by atoms with E-state index in [1.54, 1.807) is 39.0 Å². The molecule has 6 heteroatoms. The van der Waals surface area contributed by atoms with E-state index in [0.717, 1.165) is 6.29 Å². The van der Waals surface area contributed by atoms with E-state index in [9.17, 15) is 14.7 Å². The Morgan fingerprint density at radius 1 is 1.43 bits per heavy atom. The highest BCUT2D eigenvalue weighted by Crippen LogP contribution is 2.34. The zero-order valence-corrected chi connectivity index (χ0v) is 13.8. The zero-order valence-electron chi connectivity index (χ0n) is 12.2. The minimum atomic E-state index is -1.13. The molecule has 0 bridgehead atoms. The van der Waals surface area contributed by atoms with Crippen molar-refractivity contribution >= 4 is 28.3 Å². The van der Waals surface area contributed by atoms with Crippen LogP contribution in [0.3, 0.4) is 0 Å². The molecule has 0 spiro atoms. The number of rotatable bonds is 2. The van der Waals surface area contributed by atoms with Crippen molar-refractivity contribution in [3.8, 4) is 0 Å². The van der Waals surface area contributed by atoms with Crippen LogP contribution in [0.25, 0.3) is 0 Å². The number of β-amino-alcohol motifs (C(OH)–C–C–N with tert-alkyl or cyclic N) is 1. The Balaban J connectivity index is 2.07. The van der Waals surface area contributed by atoms with Crippen molar-refractivity contribution in [1.82, 2.24) is 4.90 Å². The van der Waals surface area contributed by atoms with Gasteiger partial charge in [-0.1, -0.05) is 22.0 Å². The number of amides is 1. The van der Waals surface area contributed by atoms with Gasteiger partial charge in [-0.05, 0) is 38.5 Å². The van der Waals surface area contributed by atoms with Crippen molar-refractivity contribution in [1.29, 1.82) is 0 Å². The van der Waals surface area contributed by atoms with Gasteiger partial charge in [0.2, 0.25) is 0 Å². The summed E-state index contributed by atoms with van der Waals surface area (Å²) < 4.78 is 5.92. The maximum atomic E-state index is 11.9. The highest BCUT2D eigenvalue weighted by Gasteiger charge is 2.46. The lowest BCUT2D eigenvalue weighted by molar-refractivity contribution is -0.103. The standard InChI is InChI=1S/C15H18BrNO4/c1-14(2,3)21-13(19)17-8-15(20,9-17)11-4-5-12(16)10(6-11)7-18/h4-7,20H,8-9H2,1-3H3. The molecular formula is C15H18BrNO4. The van der Waals surface area contributed by atoms with Crippen molar-refractivity contribution in [3.63, 3.8) is 0 Å². The summed E-state index contributed by atoms with van der Waals surface area (Å²) in [5.41, 5.74) is -0.605. The molecule has 0 saturated carbocycles. The second kappa shape index (κ2) is 5.42. The Hall–Kier alpha value is -1.40. The van der Waals surface area contributed by atoms with E-state index in [1.807, 2.05) is 0 Å². The first-order valence-corrected chi connectivity index (χ1v) is 7.39. The highest BCUT2D eigenvalue weighted by atomic mass is 79.9. The van der Waals surface area contributed by atoms with Crippen LogP contribution in [0.2, 0.25) is 0 Å². The Morgan fingerprint density at radius 3 is 2.57 bits per heavy atom. The molecule has 0 aromatic heterocycles. The lowest BCUT2D eigenvalue weighted by Crippen LogP contribution is -2.61. The molecule has 0 atom stereocenters. The summed E-state index contributed by atoms with van der Waals surface area (Å²) >= 11 is 3.27. The third-order valence-electron chi connectivity index (χ3n) is 3.22. The van der Waals surface area contributed by atoms with Crippen molar-refractivity contribution in [2.24, 2.45) is 0 Å². The lowest BCUT2D eigenvalue weighted by Gasteiger charge is -2.46. The molecule has 2 rings (SSSR count). The van der Waals surface area contributed by atoms with Gasteiger partial charge in [0.1, 0.15) is 11.2 Å². The van der Waals surface area contributed by atoms with E-state index in [0.29, 0.717) is 15.6 Å². The first-order chi connectivity index (χ1) is 9.64. The highest BCUT2D eigenvalue weighted by molar-refractivity contribution is 9.10. The van der Waals surface area contributed by atoms with Crippen molar-refractivity contribution < 1.29 is 19.4 Å². The predicted molar refractivity (Wildman–Crippen MR) is 81.2 cm³/mol. The number of aldehydes is 1. The fourth-order valence-electron chi connectivity index (χ4n) is 2.15. The van der Waals surface area contributed by atoms with Crippen molar-refractivity contribution in [2.75, 3.05) is 13.1 Å². The van der Waals surface area contributed by atoms with Crippen LogP contribution in [-0.2, 0) is 10.3 Å². The first kappa shape index (κ1) is 16.0. The molecule has 1 aliphatic heterocycles. The van der Waals surface area contributed by atoms with E-state index in [2.05, 4.69) is 15.9 Å². The maximum absolute atomic E-state index is 11.9. The fourth-order valence-corrected chi connectivity index (χ4v) is 2.49. The van der Waals surface area contributed by atoms with Crippen molar-refractivity contribution in [2.45, 2.75) is 32.0 Å². The number of hydrogen-bond donors (Lipinski definition) is 1. The zero-order chi connectivity index (χ0) is 15.8. The molecule has 1 aromatic rings. The molecule has 21 heavy (non-hydrogen) atoms. The van der Waals surface area contributed by atoms with Gasteiger partial charge in [0.25, 0.3) is 0 Å². The SMILES string of the molecule is CC(C)(C)OC(=O)N1CC(O)(c2ccc(Br)c(C=O)c2)C1. The average Bonchev–Trinajstić information content (AvgIpc) is 2.33. The van der Waals surface area contributed by atoms with Gasteiger partial charge < -0.3 is 14.7 Å². The van der Waals surface area contributed by atoms with Gasteiger partial charge in [-0.15, -0.1) is 0 Å². The largest absolute Gasteiger partial charge is 0.444 e. The van der Waals surface area contributed by atoms with Gasteiger partial charge in [0.15, 0.2) is 6.29 Å². The number of carbonyl (C=O) groups excluding carboxylic acids is 2. The number of ether oxygens (including phenoxy) is 1. The van der Waals surface area contributed by atoms with Gasteiger partial charge in [-0.2, -0.15) is 0 Å². The second-order valence-corrected chi connectivity index (χ2v) is 7.08. The monoisotopic (exact) mass is 355 g/mol. The van der Waals surface area contributed by atoms with Crippen LogP contribution < -0.4 is 0 Å². The molecule has 1 heterocycles. The Kier molecular flexibility index (Phi) is 4.13. The maximum Gasteiger partial charge on any atom is 0.410 e. The number of aliphatic hydroxyl groups is 1. The number of carbonyl (C=O) groups is 2. The van der Waals surface area contributed by atoms with Gasteiger partial charge in [0, 0.05) is 10.0 Å². The molecule has 5 nitrogen and oxygen atoms in total. The first-order valence-electron chi connectivity index (χ1n) is 6.60. The van der Waals surface area contributed by atoms with Crippen LogP contribution in [0, 0.1) is 0 Å². The second-order valence-electron chi connectivity index (χ2n) is 6.22. The molecular weight excluding hydrogens is 338 g/mol. The smallest absolute Gasteiger partial charge is 0.410 e. The van der Waals surface area contributed by atoms with Crippen LogP contribution in [0.5, 0.6) is 0 Å². The van der Waals surface area contributed by atoms with E-state index in [-0.39, 0.29) is 13.1 Å². The van der Waals surface area contributed by atoms with E-state index in [4.69, 9.17) is 4.74 Å². The molecule has 1 amide bonds. The fraction of sp³-hybridized carbons (Fsp3) is 0.467. The number of hydrogen-bond acceptors (Lipinski definition) is 4. The third kappa shape index (κ3) is 3.44. The molecule has 1 aliphatic rings. The summed E-state index contributed by atoms with van der Waals surface area (Å²) in [5.74, 6) is 0. The van der Waals surface area contributed by atoms with Gasteiger partial charge in [0.05, 0.1) is 13.1 Å². The lowest BCUT2D eigenvalue weighted by atomic mass is 9.86. The van der Waals surface area contributed by atoms with Crippen molar-refractivity contribution in [3.05, 3.63) is 33.8 Å². The summed E-state index contributed by atoms with van der Waals surface area (Å²) in [6, 6.07) is 5.08. The summed E-state index contributed by atoms with van der Waals surface area (Å²) in [4.78, 5) is 24.3. The molecule has 1 fully saturated rings. The minimum absolute atomic E-state index is 0.155. The van der Waals surface area contributed by atoms with E-state index in [1.165, 1.54) is 4.90 Å². The number of likely N-dealkylation sites (tertiary alicyclic amines) is 1. The summed E-state index contributed by atoms with van der Waals surface area (Å²) in [6.07, 6.45) is 0.279. The molecule has 1 saturated heterocycles. The van der Waals surface area contributed by atoms with Crippen LogP contribution in [-0.4, -0.2) is 41.1 Å². The number of halogens is 1. The molecule has 0 radical (unpaired) electrons. The third-order valence-corrected chi connectivity index (χ3v) is 3.94. The average molecular weight is 356 g/mol. The van der Waals surface area contributed by atoms with E-state index >= 15 is 0 Å². The van der Waals surface area contributed by atoms with Crippen LogP contribution in [0.4, 0.5) is 4.79 Å². The topological polar surface area (TPSA) is 66.8 Å². The van der Waals surface area contributed by atoms with Crippen LogP contribution >= 0.6 is 15.9 Å². The quantitative estimate of drug-likeness (QED) is 0.828. The Labute approximate surface area is 132 Å². The summed E-state index contributed by atoms with van der Waals surface area (Å²) in [5, 5.41) is 10.5. The number of benzene rings is 1. The van der Waals surface area contributed by atoms with Gasteiger partial charge in [-0.25, -0.2) is 4.79 Å².